The smallest absolute Gasteiger partial charge is 0.254 e. The highest BCUT2D eigenvalue weighted by molar-refractivity contribution is 7.13. The van der Waals surface area contributed by atoms with Crippen molar-refractivity contribution in [2.45, 2.75) is 19.8 Å². The molecule has 25 heavy (non-hydrogen) atoms. The van der Waals surface area contributed by atoms with Gasteiger partial charge in [-0.25, -0.2) is 9.97 Å². The first-order chi connectivity index (χ1) is 12.3. The molecule has 0 unspecified atom stereocenters. The SMILES string of the molecule is CCc1cc(NCCc2csc(-c3ccccc3)n2)n2ncnc2n1. The summed E-state index contributed by atoms with van der Waals surface area (Å²) in [6.45, 7) is 2.86. The van der Waals surface area contributed by atoms with Gasteiger partial charge in [-0.05, 0) is 6.42 Å². The molecular weight excluding hydrogens is 332 g/mol. The summed E-state index contributed by atoms with van der Waals surface area (Å²) >= 11 is 1.68. The third-order valence-electron chi connectivity index (χ3n) is 3.93. The van der Waals surface area contributed by atoms with Crippen molar-refractivity contribution in [3.63, 3.8) is 0 Å². The summed E-state index contributed by atoms with van der Waals surface area (Å²) in [6, 6.07) is 12.3. The molecule has 7 heteroatoms. The fourth-order valence-corrected chi connectivity index (χ4v) is 3.48. The third kappa shape index (κ3) is 3.36. The average Bonchev–Trinajstić information content (AvgIpc) is 3.31. The molecule has 0 fully saturated rings. The minimum Gasteiger partial charge on any atom is -0.369 e. The van der Waals surface area contributed by atoms with Crippen molar-refractivity contribution in [2.75, 3.05) is 11.9 Å². The van der Waals surface area contributed by atoms with Crippen LogP contribution in [0.25, 0.3) is 16.3 Å². The zero-order valence-corrected chi connectivity index (χ0v) is 14.7. The highest BCUT2D eigenvalue weighted by Crippen LogP contribution is 2.23. The number of hydrogen-bond acceptors (Lipinski definition) is 6. The van der Waals surface area contributed by atoms with Gasteiger partial charge >= 0.3 is 0 Å². The minimum absolute atomic E-state index is 0.627. The minimum atomic E-state index is 0.627. The van der Waals surface area contributed by atoms with E-state index in [1.54, 1.807) is 15.9 Å². The normalized spacial score (nSPS) is 11.1. The molecule has 0 aliphatic heterocycles. The predicted octanol–water partition coefficient (Wildman–Crippen LogP) is 3.46. The van der Waals surface area contributed by atoms with Crippen LogP contribution in [0.3, 0.4) is 0 Å². The van der Waals surface area contributed by atoms with Gasteiger partial charge in [0.25, 0.3) is 5.78 Å². The quantitative estimate of drug-likeness (QED) is 0.577. The van der Waals surface area contributed by atoms with Crippen LogP contribution in [0.2, 0.25) is 0 Å². The molecule has 0 atom stereocenters. The van der Waals surface area contributed by atoms with Gasteiger partial charge in [0.1, 0.15) is 17.2 Å². The maximum atomic E-state index is 4.73. The van der Waals surface area contributed by atoms with Crippen LogP contribution in [0.15, 0.2) is 48.1 Å². The Morgan fingerprint density at radius 2 is 2.00 bits per heavy atom. The molecule has 0 saturated carbocycles. The number of nitrogens with zero attached hydrogens (tertiary/aromatic N) is 5. The lowest BCUT2D eigenvalue weighted by Gasteiger charge is -2.08. The van der Waals surface area contributed by atoms with Crippen molar-refractivity contribution in [3.8, 4) is 10.6 Å². The van der Waals surface area contributed by atoms with Crippen molar-refractivity contribution >= 4 is 22.9 Å². The van der Waals surface area contributed by atoms with Gasteiger partial charge in [0.05, 0.1) is 5.69 Å². The highest BCUT2D eigenvalue weighted by Gasteiger charge is 2.08. The van der Waals surface area contributed by atoms with E-state index in [1.807, 2.05) is 24.3 Å². The molecule has 0 saturated heterocycles. The predicted molar refractivity (Wildman–Crippen MR) is 99.9 cm³/mol. The van der Waals surface area contributed by atoms with E-state index in [-0.39, 0.29) is 0 Å². The second-order valence-electron chi connectivity index (χ2n) is 5.64. The van der Waals surface area contributed by atoms with E-state index >= 15 is 0 Å². The van der Waals surface area contributed by atoms with E-state index < -0.39 is 0 Å². The van der Waals surface area contributed by atoms with E-state index in [2.05, 4.69) is 44.8 Å². The van der Waals surface area contributed by atoms with E-state index in [0.29, 0.717) is 5.78 Å². The van der Waals surface area contributed by atoms with E-state index in [4.69, 9.17) is 4.98 Å². The monoisotopic (exact) mass is 350 g/mol. The molecule has 1 aromatic carbocycles. The summed E-state index contributed by atoms with van der Waals surface area (Å²) in [5, 5.41) is 10.8. The van der Waals surface area contributed by atoms with Gasteiger partial charge in [0.2, 0.25) is 0 Å². The Bertz CT molecular complexity index is 976. The number of anilines is 1. The Morgan fingerprint density at radius 1 is 1.12 bits per heavy atom. The molecular formula is C18H18N6S. The van der Waals surface area contributed by atoms with Gasteiger partial charge in [0, 0.05) is 35.7 Å². The Balaban J connectivity index is 1.45. The third-order valence-corrected chi connectivity index (χ3v) is 4.87. The second kappa shape index (κ2) is 6.98. The summed E-state index contributed by atoms with van der Waals surface area (Å²) in [4.78, 5) is 13.4. The number of hydrogen-bond donors (Lipinski definition) is 1. The van der Waals surface area contributed by atoms with Crippen molar-refractivity contribution in [1.82, 2.24) is 24.6 Å². The Hall–Kier alpha value is -2.80. The first-order valence-corrected chi connectivity index (χ1v) is 9.15. The number of nitrogens with one attached hydrogen (secondary N) is 1. The van der Waals surface area contributed by atoms with Crippen LogP contribution in [0.5, 0.6) is 0 Å². The summed E-state index contributed by atoms with van der Waals surface area (Å²) in [7, 11) is 0. The van der Waals surface area contributed by atoms with Gasteiger partial charge in [-0.15, -0.1) is 11.3 Å². The number of thiazole rings is 1. The van der Waals surface area contributed by atoms with Crippen LogP contribution >= 0.6 is 11.3 Å². The van der Waals surface area contributed by atoms with Crippen LogP contribution in [0, 0.1) is 0 Å². The lowest BCUT2D eigenvalue weighted by Crippen LogP contribution is -2.10. The lowest BCUT2D eigenvalue weighted by atomic mass is 10.2. The number of aryl methyl sites for hydroxylation is 1. The molecule has 0 aliphatic rings. The average molecular weight is 350 g/mol. The topological polar surface area (TPSA) is 68.0 Å². The van der Waals surface area contributed by atoms with E-state index in [9.17, 15) is 0 Å². The maximum Gasteiger partial charge on any atom is 0.254 e. The molecule has 0 bridgehead atoms. The summed E-state index contributed by atoms with van der Waals surface area (Å²) in [5.74, 6) is 1.54. The van der Waals surface area contributed by atoms with Gasteiger partial charge in [-0.3, -0.25) is 0 Å². The fraction of sp³-hybridized carbons (Fsp3) is 0.222. The second-order valence-corrected chi connectivity index (χ2v) is 6.50. The van der Waals surface area contributed by atoms with Crippen molar-refractivity contribution < 1.29 is 0 Å². The first kappa shape index (κ1) is 15.7. The molecule has 3 aromatic heterocycles. The Kier molecular flexibility index (Phi) is 4.39. The number of benzene rings is 1. The molecule has 4 rings (SSSR count). The van der Waals surface area contributed by atoms with Gasteiger partial charge in [-0.1, -0.05) is 37.3 Å². The Labute approximate surface area is 149 Å². The molecule has 0 aliphatic carbocycles. The standard InChI is InChI=1S/C18H18N6S/c1-2-14-10-16(24-18(23-14)20-12-21-24)19-9-8-15-11-25-17(22-15)13-6-4-3-5-7-13/h3-7,10-12,19H,2,8-9H2,1H3. The molecule has 0 spiro atoms. The van der Waals surface area contributed by atoms with Crippen molar-refractivity contribution in [1.29, 1.82) is 0 Å². The molecule has 0 radical (unpaired) electrons. The number of aromatic nitrogens is 5. The first-order valence-electron chi connectivity index (χ1n) is 8.27. The molecule has 6 nitrogen and oxygen atoms in total. The van der Waals surface area contributed by atoms with Gasteiger partial charge in [-0.2, -0.15) is 14.6 Å². The summed E-state index contributed by atoms with van der Waals surface area (Å²) < 4.78 is 1.73. The van der Waals surface area contributed by atoms with Crippen LogP contribution in [0.1, 0.15) is 18.3 Å². The fourth-order valence-electron chi connectivity index (χ4n) is 2.62. The van der Waals surface area contributed by atoms with Crippen molar-refractivity contribution in [3.05, 3.63) is 59.5 Å². The molecule has 0 amide bonds. The summed E-state index contributed by atoms with van der Waals surface area (Å²) in [5.41, 5.74) is 3.26. The van der Waals surface area contributed by atoms with Gasteiger partial charge in [0.15, 0.2) is 0 Å². The number of rotatable bonds is 6. The highest BCUT2D eigenvalue weighted by atomic mass is 32.1. The van der Waals surface area contributed by atoms with Crippen molar-refractivity contribution in [2.24, 2.45) is 0 Å². The van der Waals surface area contributed by atoms with Crippen LogP contribution in [-0.2, 0) is 12.8 Å². The van der Waals surface area contributed by atoms with Crippen LogP contribution in [0.4, 0.5) is 5.82 Å². The Morgan fingerprint density at radius 3 is 2.84 bits per heavy atom. The maximum absolute atomic E-state index is 4.73. The molecule has 126 valence electrons. The van der Waals surface area contributed by atoms with E-state index in [0.717, 1.165) is 47.2 Å². The van der Waals surface area contributed by atoms with E-state index in [1.165, 1.54) is 6.33 Å². The van der Waals surface area contributed by atoms with Crippen LogP contribution < -0.4 is 5.32 Å². The largest absolute Gasteiger partial charge is 0.369 e. The number of fused-ring (bicyclic) bond motifs is 1. The zero-order chi connectivity index (χ0) is 17.1. The molecule has 1 N–H and O–H groups in total. The zero-order valence-electron chi connectivity index (χ0n) is 13.9. The molecule has 3 heterocycles. The molecule has 4 aromatic rings. The summed E-state index contributed by atoms with van der Waals surface area (Å²) in [6.07, 6.45) is 3.24. The van der Waals surface area contributed by atoms with Crippen LogP contribution in [-0.4, -0.2) is 31.1 Å². The lowest BCUT2D eigenvalue weighted by molar-refractivity contribution is 0.888. The van der Waals surface area contributed by atoms with Gasteiger partial charge < -0.3 is 5.32 Å².